The van der Waals surface area contributed by atoms with E-state index in [1.807, 2.05) is 31.3 Å². The first-order chi connectivity index (χ1) is 10.1. The van der Waals surface area contributed by atoms with Gasteiger partial charge in [0, 0.05) is 6.54 Å². The lowest BCUT2D eigenvalue weighted by molar-refractivity contribution is 0.0599. The second-order valence-electron chi connectivity index (χ2n) is 4.64. The fourth-order valence-electron chi connectivity index (χ4n) is 2.03. The van der Waals surface area contributed by atoms with Gasteiger partial charge in [-0.1, -0.05) is 12.1 Å². The summed E-state index contributed by atoms with van der Waals surface area (Å²) in [6.45, 7) is 2.77. The zero-order chi connectivity index (χ0) is 15.2. The molecule has 0 bridgehead atoms. The molecular weight excluding hydrogens is 270 g/mol. The van der Waals surface area contributed by atoms with Gasteiger partial charge in [-0.05, 0) is 37.7 Å². The summed E-state index contributed by atoms with van der Waals surface area (Å²) in [4.78, 5) is 11.5. The third-order valence-corrected chi connectivity index (χ3v) is 3.03. The number of rotatable bonds is 6. The number of carbonyl (C=O) groups is 1. The first kappa shape index (κ1) is 15.1. The predicted molar refractivity (Wildman–Crippen MR) is 78.3 cm³/mol. The topological polar surface area (TPSA) is 60.7 Å². The molecule has 0 radical (unpaired) electrons. The Kier molecular flexibility index (Phi) is 5.00. The highest BCUT2D eigenvalue weighted by Gasteiger charge is 2.15. The maximum Gasteiger partial charge on any atom is 0.341 e. The van der Waals surface area contributed by atoms with Crippen LogP contribution in [-0.4, -0.2) is 20.1 Å². The standard InChI is InChI=1S/C16H19NO4/c1-11-15(16(18)19-3)8-14(21-11)10-20-13-6-4-5-12(7-13)9-17-2/h4-8,17H,9-10H2,1-3H3. The van der Waals surface area contributed by atoms with Crippen LogP contribution in [0.4, 0.5) is 0 Å². The summed E-state index contributed by atoms with van der Waals surface area (Å²) in [6, 6.07) is 9.47. The lowest BCUT2D eigenvalue weighted by atomic mass is 10.2. The molecule has 1 heterocycles. The zero-order valence-electron chi connectivity index (χ0n) is 12.4. The van der Waals surface area contributed by atoms with Crippen LogP contribution in [-0.2, 0) is 17.9 Å². The van der Waals surface area contributed by atoms with E-state index in [1.165, 1.54) is 7.11 Å². The van der Waals surface area contributed by atoms with Crippen LogP contribution in [0.1, 0.15) is 27.4 Å². The second-order valence-corrected chi connectivity index (χ2v) is 4.64. The molecule has 5 heteroatoms. The van der Waals surface area contributed by atoms with E-state index in [2.05, 4.69) is 10.1 Å². The first-order valence-electron chi connectivity index (χ1n) is 6.68. The molecule has 0 aliphatic rings. The van der Waals surface area contributed by atoms with Gasteiger partial charge in [0.1, 0.15) is 29.4 Å². The van der Waals surface area contributed by atoms with Crippen LogP contribution in [0.25, 0.3) is 0 Å². The molecule has 0 aliphatic carbocycles. The van der Waals surface area contributed by atoms with Gasteiger partial charge in [0.2, 0.25) is 0 Å². The van der Waals surface area contributed by atoms with Crippen LogP contribution in [0.15, 0.2) is 34.7 Å². The lowest BCUT2D eigenvalue weighted by Crippen LogP contribution is -2.05. The average molecular weight is 289 g/mol. The molecule has 21 heavy (non-hydrogen) atoms. The van der Waals surface area contributed by atoms with E-state index in [-0.39, 0.29) is 6.61 Å². The summed E-state index contributed by atoms with van der Waals surface area (Å²) in [5.41, 5.74) is 1.57. The number of aryl methyl sites for hydroxylation is 1. The minimum atomic E-state index is -0.404. The van der Waals surface area contributed by atoms with Crippen molar-refractivity contribution >= 4 is 5.97 Å². The Morgan fingerprint density at radius 1 is 1.33 bits per heavy atom. The molecule has 0 aliphatic heterocycles. The average Bonchev–Trinajstić information content (AvgIpc) is 2.86. The highest BCUT2D eigenvalue weighted by molar-refractivity contribution is 5.90. The fraction of sp³-hybridized carbons (Fsp3) is 0.312. The first-order valence-corrected chi connectivity index (χ1v) is 6.68. The van der Waals surface area contributed by atoms with E-state index in [0.717, 1.165) is 17.9 Å². The van der Waals surface area contributed by atoms with Crippen molar-refractivity contribution in [2.45, 2.75) is 20.1 Å². The van der Waals surface area contributed by atoms with Crippen LogP contribution in [0, 0.1) is 6.92 Å². The van der Waals surface area contributed by atoms with Crippen molar-refractivity contribution in [3.05, 3.63) is 53.0 Å². The Balaban J connectivity index is 2.03. The highest BCUT2D eigenvalue weighted by atomic mass is 16.5. The van der Waals surface area contributed by atoms with Crippen molar-refractivity contribution in [1.29, 1.82) is 0 Å². The summed E-state index contributed by atoms with van der Waals surface area (Å²) in [6.07, 6.45) is 0. The minimum Gasteiger partial charge on any atom is -0.486 e. The minimum absolute atomic E-state index is 0.265. The lowest BCUT2D eigenvalue weighted by Gasteiger charge is -2.06. The van der Waals surface area contributed by atoms with Gasteiger partial charge >= 0.3 is 5.97 Å². The number of nitrogens with one attached hydrogen (secondary N) is 1. The predicted octanol–water partition coefficient (Wildman–Crippen LogP) is 2.67. The molecule has 0 fully saturated rings. The van der Waals surface area contributed by atoms with Gasteiger partial charge < -0.3 is 19.2 Å². The Morgan fingerprint density at radius 3 is 2.86 bits per heavy atom. The van der Waals surface area contributed by atoms with E-state index < -0.39 is 5.97 Å². The van der Waals surface area contributed by atoms with Gasteiger partial charge in [0.15, 0.2) is 0 Å². The zero-order valence-corrected chi connectivity index (χ0v) is 12.4. The molecule has 1 aromatic heterocycles. The molecule has 2 rings (SSSR count). The van der Waals surface area contributed by atoms with Crippen molar-refractivity contribution in [3.8, 4) is 5.75 Å². The van der Waals surface area contributed by atoms with E-state index in [0.29, 0.717) is 17.1 Å². The second kappa shape index (κ2) is 6.95. The van der Waals surface area contributed by atoms with Crippen molar-refractivity contribution in [1.82, 2.24) is 5.32 Å². The SMILES string of the molecule is CNCc1cccc(OCc2cc(C(=O)OC)c(C)o2)c1. The summed E-state index contributed by atoms with van der Waals surface area (Å²) in [5.74, 6) is 1.48. The van der Waals surface area contributed by atoms with Crippen molar-refractivity contribution < 1.29 is 18.7 Å². The Labute approximate surface area is 123 Å². The van der Waals surface area contributed by atoms with E-state index >= 15 is 0 Å². The summed E-state index contributed by atoms with van der Waals surface area (Å²) >= 11 is 0. The smallest absolute Gasteiger partial charge is 0.341 e. The summed E-state index contributed by atoms with van der Waals surface area (Å²) < 4.78 is 15.9. The van der Waals surface area contributed by atoms with Gasteiger partial charge in [-0.15, -0.1) is 0 Å². The number of esters is 1. The maximum atomic E-state index is 11.5. The molecule has 0 atom stereocenters. The molecule has 0 unspecified atom stereocenters. The van der Waals surface area contributed by atoms with E-state index in [9.17, 15) is 4.79 Å². The third kappa shape index (κ3) is 3.86. The molecule has 0 saturated carbocycles. The van der Waals surface area contributed by atoms with Crippen LogP contribution in [0.3, 0.4) is 0 Å². The van der Waals surface area contributed by atoms with Gasteiger partial charge in [-0.3, -0.25) is 0 Å². The van der Waals surface area contributed by atoms with Crippen LogP contribution in [0.5, 0.6) is 5.75 Å². The number of furan rings is 1. The number of methoxy groups -OCH3 is 1. The van der Waals surface area contributed by atoms with Gasteiger partial charge in [0.05, 0.1) is 7.11 Å². The Morgan fingerprint density at radius 2 is 2.14 bits per heavy atom. The highest BCUT2D eigenvalue weighted by Crippen LogP contribution is 2.19. The molecule has 112 valence electrons. The van der Waals surface area contributed by atoms with Crippen molar-refractivity contribution in [2.75, 3.05) is 14.2 Å². The number of ether oxygens (including phenoxy) is 2. The molecular formula is C16H19NO4. The van der Waals surface area contributed by atoms with Crippen LogP contribution >= 0.6 is 0 Å². The molecule has 2 aromatic rings. The van der Waals surface area contributed by atoms with E-state index in [1.54, 1.807) is 13.0 Å². The fourth-order valence-corrected chi connectivity index (χ4v) is 2.03. The molecule has 5 nitrogen and oxygen atoms in total. The Hall–Kier alpha value is -2.27. The summed E-state index contributed by atoms with van der Waals surface area (Å²) in [7, 11) is 3.24. The molecule has 1 aromatic carbocycles. The summed E-state index contributed by atoms with van der Waals surface area (Å²) in [5, 5.41) is 3.09. The molecule has 1 N–H and O–H groups in total. The number of hydrogen-bond donors (Lipinski definition) is 1. The molecule has 0 spiro atoms. The number of hydrogen-bond acceptors (Lipinski definition) is 5. The van der Waals surface area contributed by atoms with Gasteiger partial charge in [-0.25, -0.2) is 4.79 Å². The van der Waals surface area contributed by atoms with Crippen molar-refractivity contribution in [3.63, 3.8) is 0 Å². The van der Waals surface area contributed by atoms with E-state index in [4.69, 9.17) is 9.15 Å². The van der Waals surface area contributed by atoms with Crippen LogP contribution in [0.2, 0.25) is 0 Å². The molecule has 0 saturated heterocycles. The quantitative estimate of drug-likeness (QED) is 0.828. The molecule has 0 amide bonds. The largest absolute Gasteiger partial charge is 0.486 e. The van der Waals surface area contributed by atoms with Gasteiger partial charge in [0.25, 0.3) is 0 Å². The van der Waals surface area contributed by atoms with Gasteiger partial charge in [-0.2, -0.15) is 0 Å². The van der Waals surface area contributed by atoms with Crippen LogP contribution < -0.4 is 10.1 Å². The Bertz CT molecular complexity index is 618. The monoisotopic (exact) mass is 289 g/mol. The number of carbonyl (C=O) groups excluding carboxylic acids is 1. The van der Waals surface area contributed by atoms with Crippen molar-refractivity contribution in [2.24, 2.45) is 0 Å². The third-order valence-electron chi connectivity index (χ3n) is 3.03. The normalized spacial score (nSPS) is 10.4. The number of benzene rings is 1. The maximum absolute atomic E-state index is 11.5.